The van der Waals surface area contributed by atoms with Crippen molar-refractivity contribution in [1.29, 1.82) is 0 Å². The molecule has 0 atom stereocenters. The van der Waals surface area contributed by atoms with E-state index in [4.69, 9.17) is 13.8 Å². The molecule has 3 aromatic rings. The first-order valence-corrected chi connectivity index (χ1v) is 6.98. The fraction of sp³-hybridized carbons (Fsp3) is 0.333. The van der Waals surface area contributed by atoms with Crippen molar-refractivity contribution in [2.75, 3.05) is 0 Å². The van der Waals surface area contributed by atoms with E-state index in [1.54, 1.807) is 6.92 Å². The normalized spacial score (nSPS) is 11.1. The summed E-state index contributed by atoms with van der Waals surface area (Å²) in [6, 6.07) is 7.40. The summed E-state index contributed by atoms with van der Waals surface area (Å²) in [6.45, 7) is 6.01. The van der Waals surface area contributed by atoms with E-state index < -0.39 is 0 Å². The minimum Gasteiger partial charge on any atom is -0.484 e. The highest BCUT2D eigenvalue weighted by Gasteiger charge is 2.10. The summed E-state index contributed by atoms with van der Waals surface area (Å²) in [5.41, 5.74) is 0.865. The van der Waals surface area contributed by atoms with Crippen molar-refractivity contribution in [2.45, 2.75) is 33.3 Å². The minimum absolute atomic E-state index is 0.232. The van der Waals surface area contributed by atoms with Crippen LogP contribution >= 0.6 is 0 Å². The lowest BCUT2D eigenvalue weighted by Crippen LogP contribution is -1.97. The van der Waals surface area contributed by atoms with Crippen molar-refractivity contribution < 1.29 is 13.8 Å². The highest BCUT2D eigenvalue weighted by atomic mass is 16.5. The second-order valence-electron chi connectivity index (χ2n) is 5.15. The van der Waals surface area contributed by atoms with Gasteiger partial charge in [0.1, 0.15) is 5.75 Å². The molecule has 0 aliphatic heterocycles. The molecule has 0 aliphatic rings. The zero-order valence-corrected chi connectivity index (χ0v) is 12.6. The third-order valence-electron chi connectivity index (χ3n) is 3.00. The third kappa shape index (κ3) is 3.13. The quantitative estimate of drug-likeness (QED) is 0.715. The Morgan fingerprint density at radius 3 is 2.41 bits per heavy atom. The van der Waals surface area contributed by atoms with Crippen LogP contribution in [0.4, 0.5) is 0 Å². The summed E-state index contributed by atoms with van der Waals surface area (Å²) >= 11 is 0. The van der Waals surface area contributed by atoms with E-state index in [0.29, 0.717) is 29.2 Å². The Morgan fingerprint density at radius 1 is 1.05 bits per heavy atom. The first-order chi connectivity index (χ1) is 10.6. The largest absolute Gasteiger partial charge is 0.484 e. The Hall–Kier alpha value is -2.70. The molecule has 0 fully saturated rings. The number of ether oxygens (including phenoxy) is 1. The van der Waals surface area contributed by atoms with Crippen molar-refractivity contribution in [3.63, 3.8) is 0 Å². The van der Waals surface area contributed by atoms with Crippen LogP contribution in [0.5, 0.6) is 5.75 Å². The van der Waals surface area contributed by atoms with Gasteiger partial charge in [0.25, 0.3) is 5.89 Å². The van der Waals surface area contributed by atoms with Crippen LogP contribution in [-0.2, 0) is 6.61 Å². The molecule has 1 aromatic carbocycles. The molecule has 2 aromatic heterocycles. The molecule has 3 rings (SSSR count). The van der Waals surface area contributed by atoms with Gasteiger partial charge in [0.05, 0.1) is 0 Å². The molecule has 0 aliphatic carbocycles. The molecule has 0 unspecified atom stereocenters. The predicted molar refractivity (Wildman–Crippen MR) is 77.2 cm³/mol. The van der Waals surface area contributed by atoms with Crippen LogP contribution < -0.4 is 4.74 Å². The maximum atomic E-state index is 5.62. The molecule has 0 amide bonds. The number of nitrogens with zero attached hydrogens (tertiary/aromatic N) is 4. The second kappa shape index (κ2) is 5.97. The van der Waals surface area contributed by atoms with Gasteiger partial charge in [-0.15, -0.1) is 0 Å². The van der Waals surface area contributed by atoms with Crippen LogP contribution in [0.2, 0.25) is 0 Å². The van der Waals surface area contributed by atoms with Gasteiger partial charge in [0.2, 0.25) is 11.7 Å². The summed E-state index contributed by atoms with van der Waals surface area (Å²) < 4.78 is 15.7. The van der Waals surface area contributed by atoms with Gasteiger partial charge < -0.3 is 13.8 Å². The lowest BCUT2D eigenvalue weighted by atomic mass is 10.2. The average Bonchev–Trinajstić information content (AvgIpc) is 3.15. The highest BCUT2D eigenvalue weighted by Crippen LogP contribution is 2.20. The molecule has 0 spiro atoms. The Bertz CT molecular complexity index is 746. The summed E-state index contributed by atoms with van der Waals surface area (Å²) in [5, 5.41) is 7.76. The van der Waals surface area contributed by atoms with E-state index in [1.165, 1.54) is 0 Å². The minimum atomic E-state index is 0.232. The summed E-state index contributed by atoms with van der Waals surface area (Å²) in [6.07, 6.45) is 0. The molecule has 0 saturated heterocycles. The van der Waals surface area contributed by atoms with E-state index in [9.17, 15) is 0 Å². The summed E-state index contributed by atoms with van der Waals surface area (Å²) in [4.78, 5) is 8.43. The molecule has 22 heavy (non-hydrogen) atoms. The van der Waals surface area contributed by atoms with Gasteiger partial charge >= 0.3 is 0 Å². The van der Waals surface area contributed by atoms with Crippen LogP contribution in [0, 0.1) is 6.92 Å². The lowest BCUT2D eigenvalue weighted by Gasteiger charge is -2.03. The van der Waals surface area contributed by atoms with Gasteiger partial charge in [-0.3, -0.25) is 0 Å². The molecule has 0 radical (unpaired) electrons. The Kier molecular flexibility index (Phi) is 3.86. The number of hydrogen-bond acceptors (Lipinski definition) is 7. The molecule has 0 saturated carbocycles. The maximum absolute atomic E-state index is 5.62. The Balaban J connectivity index is 1.63. The third-order valence-corrected chi connectivity index (χ3v) is 3.00. The van der Waals surface area contributed by atoms with Crippen LogP contribution in [-0.4, -0.2) is 20.3 Å². The van der Waals surface area contributed by atoms with Crippen molar-refractivity contribution >= 4 is 0 Å². The fourth-order valence-corrected chi connectivity index (χ4v) is 1.82. The predicted octanol–water partition coefficient (Wildman–Crippen LogP) is 3.13. The van der Waals surface area contributed by atoms with Gasteiger partial charge in [0, 0.05) is 18.4 Å². The molecular formula is C15H16N4O3. The molecular weight excluding hydrogens is 284 g/mol. The smallest absolute Gasteiger partial charge is 0.264 e. The fourth-order valence-electron chi connectivity index (χ4n) is 1.82. The first-order valence-electron chi connectivity index (χ1n) is 6.98. The SMILES string of the molecule is Cc1nc(-c2ccc(OCc3nc(C(C)C)no3)cc2)no1. The molecule has 2 heterocycles. The lowest BCUT2D eigenvalue weighted by molar-refractivity contribution is 0.242. The van der Waals surface area contributed by atoms with E-state index in [-0.39, 0.29) is 12.5 Å². The van der Waals surface area contributed by atoms with Crippen LogP contribution in [0.3, 0.4) is 0 Å². The van der Waals surface area contributed by atoms with Crippen molar-refractivity contribution in [3.05, 3.63) is 41.9 Å². The van der Waals surface area contributed by atoms with Gasteiger partial charge in [0.15, 0.2) is 12.4 Å². The van der Waals surface area contributed by atoms with Crippen molar-refractivity contribution in [2.24, 2.45) is 0 Å². The van der Waals surface area contributed by atoms with Gasteiger partial charge in [-0.05, 0) is 24.3 Å². The number of hydrogen-bond donors (Lipinski definition) is 0. The standard InChI is InChI=1S/C15H16N4O3/c1-9(2)14-17-13(22-18-14)8-20-12-6-4-11(5-7-12)15-16-10(3)21-19-15/h4-7,9H,8H2,1-3H3. The molecule has 0 N–H and O–H groups in total. The molecule has 7 nitrogen and oxygen atoms in total. The van der Waals surface area contributed by atoms with Gasteiger partial charge in [-0.1, -0.05) is 24.2 Å². The summed E-state index contributed by atoms with van der Waals surface area (Å²) in [7, 11) is 0. The van der Waals surface area contributed by atoms with Crippen LogP contribution in [0.25, 0.3) is 11.4 Å². The first kappa shape index (κ1) is 14.2. The van der Waals surface area contributed by atoms with Gasteiger partial charge in [-0.25, -0.2) is 0 Å². The monoisotopic (exact) mass is 300 g/mol. The number of rotatable bonds is 5. The van der Waals surface area contributed by atoms with Crippen LogP contribution in [0.15, 0.2) is 33.3 Å². The zero-order valence-electron chi connectivity index (χ0n) is 12.6. The van der Waals surface area contributed by atoms with E-state index in [1.807, 2.05) is 38.1 Å². The van der Waals surface area contributed by atoms with E-state index >= 15 is 0 Å². The Labute approximate surface area is 127 Å². The maximum Gasteiger partial charge on any atom is 0.264 e. The Morgan fingerprint density at radius 2 is 1.82 bits per heavy atom. The summed E-state index contributed by atoms with van der Waals surface area (Å²) in [5.74, 6) is 3.17. The van der Waals surface area contributed by atoms with Crippen LogP contribution in [0.1, 0.15) is 37.4 Å². The molecule has 7 heteroatoms. The van der Waals surface area contributed by atoms with Crippen molar-refractivity contribution in [3.8, 4) is 17.1 Å². The highest BCUT2D eigenvalue weighted by molar-refractivity contribution is 5.55. The number of aryl methyl sites for hydroxylation is 1. The second-order valence-corrected chi connectivity index (χ2v) is 5.15. The topological polar surface area (TPSA) is 87.1 Å². The zero-order chi connectivity index (χ0) is 15.5. The van der Waals surface area contributed by atoms with Gasteiger partial charge in [-0.2, -0.15) is 9.97 Å². The molecule has 0 bridgehead atoms. The number of aromatic nitrogens is 4. The number of benzene rings is 1. The van der Waals surface area contributed by atoms with E-state index in [2.05, 4.69) is 20.3 Å². The molecule has 114 valence electrons. The van der Waals surface area contributed by atoms with E-state index in [0.717, 1.165) is 5.56 Å². The average molecular weight is 300 g/mol. The van der Waals surface area contributed by atoms with Crippen molar-refractivity contribution in [1.82, 2.24) is 20.3 Å².